The van der Waals surface area contributed by atoms with Gasteiger partial charge in [-0.2, -0.15) is 0 Å². The molecule has 14 heavy (non-hydrogen) atoms. The lowest BCUT2D eigenvalue weighted by atomic mass is 9.93. The molecule has 0 saturated carbocycles. The topological polar surface area (TPSA) is 15.3 Å². The summed E-state index contributed by atoms with van der Waals surface area (Å²) in [5, 5.41) is 3.43. The second-order valence-corrected chi connectivity index (χ2v) is 4.91. The molecule has 0 spiro atoms. The van der Waals surface area contributed by atoms with Gasteiger partial charge >= 0.3 is 0 Å². The SMILES string of the molecule is C#CC(C)(C)N1CCNCC1C(C)C. The van der Waals surface area contributed by atoms with Gasteiger partial charge in [0.2, 0.25) is 0 Å². The van der Waals surface area contributed by atoms with E-state index < -0.39 is 0 Å². The van der Waals surface area contributed by atoms with Crippen LogP contribution in [-0.4, -0.2) is 36.1 Å². The minimum absolute atomic E-state index is 0.114. The van der Waals surface area contributed by atoms with Crippen LogP contribution in [0, 0.1) is 18.3 Å². The smallest absolute Gasteiger partial charge is 0.0769 e. The van der Waals surface area contributed by atoms with E-state index in [2.05, 4.69) is 43.8 Å². The molecule has 1 saturated heterocycles. The third-order valence-electron chi connectivity index (χ3n) is 3.12. The maximum atomic E-state index is 5.59. The van der Waals surface area contributed by atoms with Crippen LogP contribution in [0.3, 0.4) is 0 Å². The third kappa shape index (κ3) is 2.29. The largest absolute Gasteiger partial charge is 0.314 e. The first-order valence-corrected chi connectivity index (χ1v) is 5.44. The molecule has 1 heterocycles. The summed E-state index contributed by atoms with van der Waals surface area (Å²) in [5.41, 5.74) is -0.114. The molecule has 0 aromatic heterocycles. The first kappa shape index (κ1) is 11.6. The van der Waals surface area contributed by atoms with E-state index in [1.165, 1.54) is 0 Å². The fourth-order valence-electron chi connectivity index (χ4n) is 2.10. The predicted octanol–water partition coefficient (Wildman–Crippen LogP) is 1.33. The summed E-state index contributed by atoms with van der Waals surface area (Å²) in [4.78, 5) is 2.45. The van der Waals surface area contributed by atoms with E-state index >= 15 is 0 Å². The standard InChI is InChI=1S/C12H22N2/c1-6-12(4,5)14-8-7-13-9-11(14)10(2)3/h1,10-11,13H,7-9H2,2-5H3. The zero-order valence-electron chi connectivity index (χ0n) is 9.80. The quantitative estimate of drug-likeness (QED) is 0.667. The van der Waals surface area contributed by atoms with Gasteiger partial charge in [-0.05, 0) is 19.8 Å². The molecule has 2 nitrogen and oxygen atoms in total. The van der Waals surface area contributed by atoms with Crippen LogP contribution in [0.15, 0.2) is 0 Å². The molecule has 1 aliphatic rings. The van der Waals surface area contributed by atoms with Crippen molar-refractivity contribution < 1.29 is 0 Å². The molecular weight excluding hydrogens is 172 g/mol. The van der Waals surface area contributed by atoms with Gasteiger partial charge in [0.15, 0.2) is 0 Å². The number of terminal acetylenes is 1. The molecule has 1 N–H and O–H groups in total. The van der Waals surface area contributed by atoms with Gasteiger partial charge in [0.1, 0.15) is 0 Å². The molecule has 1 atom stereocenters. The Morgan fingerprint density at radius 2 is 2.14 bits per heavy atom. The average molecular weight is 194 g/mol. The highest BCUT2D eigenvalue weighted by molar-refractivity contribution is 5.11. The van der Waals surface area contributed by atoms with E-state index in [1.807, 2.05) is 0 Å². The van der Waals surface area contributed by atoms with Crippen LogP contribution in [0.25, 0.3) is 0 Å². The van der Waals surface area contributed by atoms with Gasteiger partial charge in [-0.15, -0.1) is 6.42 Å². The molecule has 0 aromatic rings. The highest BCUT2D eigenvalue weighted by Crippen LogP contribution is 2.22. The second kappa shape index (κ2) is 4.33. The molecule has 1 fully saturated rings. The van der Waals surface area contributed by atoms with Gasteiger partial charge in [0, 0.05) is 25.7 Å². The minimum Gasteiger partial charge on any atom is -0.314 e. The summed E-state index contributed by atoms with van der Waals surface area (Å²) >= 11 is 0. The number of hydrogen-bond acceptors (Lipinski definition) is 2. The Kier molecular flexibility index (Phi) is 3.58. The van der Waals surface area contributed by atoms with Gasteiger partial charge in [0.05, 0.1) is 5.54 Å². The van der Waals surface area contributed by atoms with E-state index in [0.29, 0.717) is 12.0 Å². The lowest BCUT2D eigenvalue weighted by Crippen LogP contribution is -2.60. The van der Waals surface area contributed by atoms with E-state index in [0.717, 1.165) is 19.6 Å². The average Bonchev–Trinajstić information content (AvgIpc) is 2.18. The van der Waals surface area contributed by atoms with Crippen LogP contribution in [0.2, 0.25) is 0 Å². The van der Waals surface area contributed by atoms with Crippen molar-refractivity contribution in [2.24, 2.45) is 5.92 Å². The molecule has 2 heteroatoms. The van der Waals surface area contributed by atoms with E-state index in [1.54, 1.807) is 0 Å². The van der Waals surface area contributed by atoms with Crippen LogP contribution in [0.5, 0.6) is 0 Å². The molecule has 0 aliphatic carbocycles. The highest BCUT2D eigenvalue weighted by atomic mass is 15.3. The van der Waals surface area contributed by atoms with Gasteiger partial charge in [-0.25, -0.2) is 0 Å². The van der Waals surface area contributed by atoms with E-state index in [9.17, 15) is 0 Å². The van der Waals surface area contributed by atoms with Gasteiger partial charge in [0.25, 0.3) is 0 Å². The maximum absolute atomic E-state index is 5.59. The van der Waals surface area contributed by atoms with Crippen LogP contribution in [-0.2, 0) is 0 Å². The van der Waals surface area contributed by atoms with Gasteiger partial charge < -0.3 is 5.32 Å². The van der Waals surface area contributed by atoms with Crippen LogP contribution in [0.4, 0.5) is 0 Å². The first-order chi connectivity index (χ1) is 6.49. The van der Waals surface area contributed by atoms with Crippen LogP contribution in [0.1, 0.15) is 27.7 Å². The Morgan fingerprint density at radius 3 is 2.64 bits per heavy atom. The molecule has 1 aliphatic heterocycles. The van der Waals surface area contributed by atoms with Crippen molar-refractivity contribution in [2.75, 3.05) is 19.6 Å². The zero-order valence-corrected chi connectivity index (χ0v) is 9.80. The van der Waals surface area contributed by atoms with Crippen molar-refractivity contribution in [3.8, 4) is 12.3 Å². The van der Waals surface area contributed by atoms with Crippen LogP contribution < -0.4 is 5.32 Å². The first-order valence-electron chi connectivity index (χ1n) is 5.44. The Bertz CT molecular complexity index is 225. The van der Waals surface area contributed by atoms with E-state index in [4.69, 9.17) is 6.42 Å². The number of hydrogen-bond donors (Lipinski definition) is 1. The predicted molar refractivity (Wildman–Crippen MR) is 61.1 cm³/mol. The van der Waals surface area contributed by atoms with Crippen molar-refractivity contribution in [1.29, 1.82) is 0 Å². The Morgan fingerprint density at radius 1 is 1.50 bits per heavy atom. The fourth-order valence-corrected chi connectivity index (χ4v) is 2.10. The number of rotatable bonds is 2. The normalized spacial score (nSPS) is 25.0. The van der Waals surface area contributed by atoms with Crippen molar-refractivity contribution in [1.82, 2.24) is 10.2 Å². The minimum atomic E-state index is -0.114. The molecular formula is C12H22N2. The molecule has 1 unspecified atom stereocenters. The summed E-state index contributed by atoms with van der Waals surface area (Å²) in [5.74, 6) is 3.54. The third-order valence-corrected chi connectivity index (χ3v) is 3.12. The highest BCUT2D eigenvalue weighted by Gasteiger charge is 2.34. The van der Waals surface area contributed by atoms with Crippen molar-refractivity contribution in [3.63, 3.8) is 0 Å². The summed E-state index contributed by atoms with van der Waals surface area (Å²) < 4.78 is 0. The Labute approximate surface area is 88.1 Å². The van der Waals surface area contributed by atoms with Crippen molar-refractivity contribution >= 4 is 0 Å². The molecule has 80 valence electrons. The number of nitrogens with zero attached hydrogens (tertiary/aromatic N) is 1. The molecule has 0 amide bonds. The molecule has 0 radical (unpaired) electrons. The monoisotopic (exact) mass is 194 g/mol. The Hall–Kier alpha value is -0.520. The van der Waals surface area contributed by atoms with Gasteiger partial charge in [-0.3, -0.25) is 4.90 Å². The summed E-state index contributed by atoms with van der Waals surface area (Å²) in [6, 6.07) is 0.565. The number of piperazine rings is 1. The van der Waals surface area contributed by atoms with Crippen molar-refractivity contribution in [3.05, 3.63) is 0 Å². The summed E-state index contributed by atoms with van der Waals surface area (Å²) in [7, 11) is 0. The lowest BCUT2D eigenvalue weighted by Gasteiger charge is -2.45. The lowest BCUT2D eigenvalue weighted by molar-refractivity contribution is 0.0590. The Balaban J connectivity index is 2.78. The summed E-state index contributed by atoms with van der Waals surface area (Å²) in [6.45, 7) is 12.0. The molecule has 0 bridgehead atoms. The van der Waals surface area contributed by atoms with Crippen LogP contribution >= 0.6 is 0 Å². The summed E-state index contributed by atoms with van der Waals surface area (Å²) in [6.07, 6.45) is 5.59. The van der Waals surface area contributed by atoms with Crippen molar-refractivity contribution in [2.45, 2.75) is 39.3 Å². The number of nitrogens with one attached hydrogen (secondary N) is 1. The zero-order chi connectivity index (χ0) is 10.8. The fraction of sp³-hybridized carbons (Fsp3) is 0.833. The van der Waals surface area contributed by atoms with Gasteiger partial charge in [-0.1, -0.05) is 19.8 Å². The maximum Gasteiger partial charge on any atom is 0.0769 e. The van der Waals surface area contributed by atoms with E-state index in [-0.39, 0.29) is 5.54 Å². The molecule has 0 aromatic carbocycles. The molecule has 1 rings (SSSR count). The second-order valence-electron chi connectivity index (χ2n) is 4.91.